The quantitative estimate of drug-likeness (QED) is 0.872. The maximum atomic E-state index is 13.4. The molecule has 1 aliphatic heterocycles. The van der Waals surface area contributed by atoms with Gasteiger partial charge in [-0.05, 0) is 18.2 Å². The highest BCUT2D eigenvalue weighted by Crippen LogP contribution is 2.16. The van der Waals surface area contributed by atoms with Gasteiger partial charge in [0.1, 0.15) is 5.82 Å². The van der Waals surface area contributed by atoms with Crippen molar-refractivity contribution in [2.45, 2.75) is 0 Å². The standard InChI is InChI=1S/C12H13FN2O3S/c13-10-7-8(1-2-9(10)11(16)17)14-12(18)15-3-5-19-6-4-15/h1-2,7H,3-6H2,(H,14,18)(H,16,17). The summed E-state index contributed by atoms with van der Waals surface area (Å²) in [5, 5.41) is 11.3. The van der Waals surface area contributed by atoms with Crippen molar-refractivity contribution < 1.29 is 19.1 Å². The van der Waals surface area contributed by atoms with Crippen molar-refractivity contribution in [2.24, 2.45) is 0 Å². The third-order valence-electron chi connectivity index (χ3n) is 2.75. The molecule has 19 heavy (non-hydrogen) atoms. The van der Waals surface area contributed by atoms with Crippen LogP contribution in [0.2, 0.25) is 0 Å². The monoisotopic (exact) mass is 284 g/mol. The average molecular weight is 284 g/mol. The zero-order chi connectivity index (χ0) is 13.8. The number of rotatable bonds is 2. The smallest absolute Gasteiger partial charge is 0.338 e. The molecule has 1 fully saturated rings. The van der Waals surface area contributed by atoms with Crippen molar-refractivity contribution >= 4 is 29.4 Å². The highest BCUT2D eigenvalue weighted by molar-refractivity contribution is 7.99. The Hall–Kier alpha value is -1.76. The number of benzene rings is 1. The van der Waals surface area contributed by atoms with Gasteiger partial charge in [0, 0.05) is 30.3 Å². The molecule has 0 aromatic heterocycles. The minimum absolute atomic E-state index is 0.255. The van der Waals surface area contributed by atoms with Crippen LogP contribution in [0.3, 0.4) is 0 Å². The number of aromatic carboxylic acids is 1. The molecular formula is C12H13FN2O3S. The molecule has 0 saturated carbocycles. The Morgan fingerprint density at radius 2 is 2.00 bits per heavy atom. The van der Waals surface area contributed by atoms with E-state index in [-0.39, 0.29) is 11.7 Å². The summed E-state index contributed by atoms with van der Waals surface area (Å²) in [6, 6.07) is 3.24. The van der Waals surface area contributed by atoms with E-state index in [4.69, 9.17) is 5.11 Å². The van der Waals surface area contributed by atoms with E-state index in [9.17, 15) is 14.0 Å². The lowest BCUT2D eigenvalue weighted by atomic mass is 10.2. The number of urea groups is 1. The fraction of sp³-hybridized carbons (Fsp3) is 0.333. The molecule has 1 heterocycles. The van der Waals surface area contributed by atoms with E-state index in [1.165, 1.54) is 6.07 Å². The van der Waals surface area contributed by atoms with E-state index in [0.717, 1.165) is 23.6 Å². The maximum absolute atomic E-state index is 13.4. The molecule has 0 bridgehead atoms. The van der Waals surface area contributed by atoms with Crippen LogP contribution in [-0.2, 0) is 0 Å². The van der Waals surface area contributed by atoms with Crippen LogP contribution in [0.5, 0.6) is 0 Å². The number of nitrogens with one attached hydrogen (secondary N) is 1. The highest BCUT2D eigenvalue weighted by atomic mass is 32.2. The number of carbonyl (C=O) groups excluding carboxylic acids is 1. The molecule has 0 radical (unpaired) electrons. The lowest BCUT2D eigenvalue weighted by Gasteiger charge is -2.26. The van der Waals surface area contributed by atoms with Gasteiger partial charge in [-0.1, -0.05) is 0 Å². The van der Waals surface area contributed by atoms with Crippen LogP contribution in [0.15, 0.2) is 18.2 Å². The number of nitrogens with zero attached hydrogens (tertiary/aromatic N) is 1. The first-order valence-corrected chi connectivity index (χ1v) is 6.90. The molecule has 5 nitrogen and oxygen atoms in total. The first kappa shape index (κ1) is 13.7. The third kappa shape index (κ3) is 3.37. The Morgan fingerprint density at radius 3 is 2.58 bits per heavy atom. The van der Waals surface area contributed by atoms with Crippen LogP contribution in [0, 0.1) is 5.82 Å². The number of hydrogen-bond acceptors (Lipinski definition) is 3. The molecular weight excluding hydrogens is 271 g/mol. The molecule has 1 aromatic carbocycles. The van der Waals surface area contributed by atoms with Gasteiger partial charge in [-0.2, -0.15) is 11.8 Å². The maximum Gasteiger partial charge on any atom is 0.338 e. The van der Waals surface area contributed by atoms with Crippen molar-refractivity contribution in [1.29, 1.82) is 0 Å². The second-order valence-corrected chi connectivity index (χ2v) is 5.25. The van der Waals surface area contributed by atoms with Crippen molar-refractivity contribution in [3.05, 3.63) is 29.6 Å². The molecule has 102 valence electrons. The molecule has 2 rings (SSSR count). The van der Waals surface area contributed by atoms with Gasteiger partial charge >= 0.3 is 12.0 Å². The molecule has 2 amide bonds. The van der Waals surface area contributed by atoms with Crippen LogP contribution in [0.4, 0.5) is 14.9 Å². The Labute approximate surface area is 113 Å². The lowest BCUT2D eigenvalue weighted by Crippen LogP contribution is -2.40. The number of anilines is 1. The zero-order valence-corrected chi connectivity index (χ0v) is 10.9. The Balaban J connectivity index is 2.04. The number of carbonyl (C=O) groups is 2. The van der Waals surface area contributed by atoms with Crippen molar-refractivity contribution in [3.8, 4) is 0 Å². The number of carboxylic acids is 1. The number of hydrogen-bond donors (Lipinski definition) is 2. The minimum atomic E-state index is -1.33. The third-order valence-corrected chi connectivity index (χ3v) is 3.69. The van der Waals surface area contributed by atoms with E-state index in [0.29, 0.717) is 13.1 Å². The highest BCUT2D eigenvalue weighted by Gasteiger charge is 2.17. The van der Waals surface area contributed by atoms with Crippen LogP contribution in [0.25, 0.3) is 0 Å². The number of halogens is 1. The lowest BCUT2D eigenvalue weighted by molar-refractivity contribution is 0.0692. The van der Waals surface area contributed by atoms with Crippen LogP contribution >= 0.6 is 11.8 Å². The Kier molecular flexibility index (Phi) is 4.26. The second-order valence-electron chi connectivity index (χ2n) is 4.03. The van der Waals surface area contributed by atoms with Crippen LogP contribution < -0.4 is 5.32 Å². The largest absolute Gasteiger partial charge is 0.478 e. The summed E-state index contributed by atoms with van der Waals surface area (Å²) in [6.07, 6.45) is 0. The minimum Gasteiger partial charge on any atom is -0.478 e. The summed E-state index contributed by atoms with van der Waals surface area (Å²) >= 11 is 1.78. The fourth-order valence-electron chi connectivity index (χ4n) is 1.74. The van der Waals surface area contributed by atoms with E-state index in [1.54, 1.807) is 16.7 Å². The molecule has 7 heteroatoms. The van der Waals surface area contributed by atoms with Gasteiger partial charge in [0.2, 0.25) is 0 Å². The van der Waals surface area contributed by atoms with Crippen LogP contribution in [-0.4, -0.2) is 46.6 Å². The second kappa shape index (κ2) is 5.92. The zero-order valence-electron chi connectivity index (χ0n) is 10.1. The molecule has 1 saturated heterocycles. The predicted molar refractivity (Wildman–Crippen MR) is 71.3 cm³/mol. The van der Waals surface area contributed by atoms with E-state index >= 15 is 0 Å². The van der Waals surface area contributed by atoms with Gasteiger partial charge in [-0.15, -0.1) is 0 Å². The predicted octanol–water partition coefficient (Wildman–Crippen LogP) is 2.10. The van der Waals surface area contributed by atoms with Gasteiger partial charge in [0.25, 0.3) is 0 Å². The number of amides is 2. The Morgan fingerprint density at radius 1 is 1.32 bits per heavy atom. The average Bonchev–Trinajstić information content (AvgIpc) is 2.39. The first-order valence-electron chi connectivity index (χ1n) is 5.74. The summed E-state index contributed by atoms with van der Waals surface area (Å²) < 4.78 is 13.4. The topological polar surface area (TPSA) is 69.6 Å². The Bertz CT molecular complexity index is 504. The van der Waals surface area contributed by atoms with Gasteiger partial charge in [0.15, 0.2) is 0 Å². The summed E-state index contributed by atoms with van der Waals surface area (Å²) in [7, 11) is 0. The fourth-order valence-corrected chi connectivity index (χ4v) is 2.64. The van der Waals surface area contributed by atoms with E-state index < -0.39 is 17.3 Å². The molecule has 1 aromatic rings. The molecule has 0 spiro atoms. The number of thioether (sulfide) groups is 1. The van der Waals surface area contributed by atoms with E-state index in [2.05, 4.69) is 5.32 Å². The van der Waals surface area contributed by atoms with E-state index in [1.807, 2.05) is 0 Å². The molecule has 0 unspecified atom stereocenters. The summed E-state index contributed by atoms with van der Waals surface area (Å²) in [5.74, 6) is -0.414. The van der Waals surface area contributed by atoms with Crippen molar-refractivity contribution in [2.75, 3.05) is 29.9 Å². The van der Waals surface area contributed by atoms with Crippen LogP contribution in [0.1, 0.15) is 10.4 Å². The molecule has 0 aliphatic carbocycles. The first-order chi connectivity index (χ1) is 9.08. The van der Waals surface area contributed by atoms with Gasteiger partial charge in [0.05, 0.1) is 5.56 Å². The molecule has 0 atom stereocenters. The van der Waals surface area contributed by atoms with Gasteiger partial charge in [-0.3, -0.25) is 0 Å². The van der Waals surface area contributed by atoms with Gasteiger partial charge in [-0.25, -0.2) is 14.0 Å². The molecule has 1 aliphatic rings. The summed E-state index contributed by atoms with van der Waals surface area (Å²) in [6.45, 7) is 1.32. The van der Waals surface area contributed by atoms with Crippen molar-refractivity contribution in [1.82, 2.24) is 4.90 Å². The van der Waals surface area contributed by atoms with Gasteiger partial charge < -0.3 is 15.3 Å². The van der Waals surface area contributed by atoms with Crippen molar-refractivity contribution in [3.63, 3.8) is 0 Å². The number of carboxylic acid groups (broad SMARTS) is 1. The molecule has 2 N–H and O–H groups in total. The summed E-state index contributed by atoms with van der Waals surface area (Å²) in [4.78, 5) is 24.2. The SMILES string of the molecule is O=C(O)c1ccc(NC(=O)N2CCSCC2)cc1F. The summed E-state index contributed by atoms with van der Waals surface area (Å²) in [5.41, 5.74) is -0.155. The normalized spacial score (nSPS) is 15.1.